The summed E-state index contributed by atoms with van der Waals surface area (Å²) in [5, 5.41) is 12.1. The third-order valence-electron chi connectivity index (χ3n) is 3.47. The molecule has 0 unspecified atom stereocenters. The Morgan fingerprint density at radius 1 is 1.27 bits per heavy atom. The van der Waals surface area contributed by atoms with Crippen LogP contribution in [0, 0.1) is 5.82 Å². The van der Waals surface area contributed by atoms with E-state index >= 15 is 0 Å². The fourth-order valence-electron chi connectivity index (χ4n) is 2.18. The minimum Gasteiger partial charge on any atom is -0.306 e. The summed E-state index contributed by atoms with van der Waals surface area (Å²) in [6, 6.07) is 7.03. The highest BCUT2D eigenvalue weighted by Crippen LogP contribution is 2.38. The number of nitrogens with zero attached hydrogens (tertiary/aromatic N) is 4. The minimum absolute atomic E-state index is 0.226. The van der Waals surface area contributed by atoms with Crippen molar-refractivity contribution in [3.8, 4) is 10.6 Å². The van der Waals surface area contributed by atoms with Crippen molar-refractivity contribution < 1.29 is 4.39 Å². The van der Waals surface area contributed by atoms with Gasteiger partial charge in [-0.3, -0.25) is 0 Å². The van der Waals surface area contributed by atoms with E-state index in [0.717, 1.165) is 27.2 Å². The summed E-state index contributed by atoms with van der Waals surface area (Å²) in [5.74, 6) is 0.541. The number of hydrogen-bond donors (Lipinski definition) is 0. The van der Waals surface area contributed by atoms with Crippen molar-refractivity contribution in [2.45, 2.75) is 29.8 Å². The van der Waals surface area contributed by atoms with E-state index in [1.807, 2.05) is 11.7 Å². The molecular weight excluding hydrogens is 319 g/mol. The van der Waals surface area contributed by atoms with Gasteiger partial charge in [0.2, 0.25) is 0 Å². The van der Waals surface area contributed by atoms with Crippen LogP contribution in [0.15, 0.2) is 41.1 Å². The van der Waals surface area contributed by atoms with Crippen LogP contribution < -0.4 is 0 Å². The monoisotopic (exact) mass is 332 g/mol. The van der Waals surface area contributed by atoms with Crippen molar-refractivity contribution in [2.75, 3.05) is 0 Å². The predicted molar refractivity (Wildman–Crippen MR) is 85.4 cm³/mol. The van der Waals surface area contributed by atoms with Gasteiger partial charge in [-0.2, -0.15) is 0 Å². The summed E-state index contributed by atoms with van der Waals surface area (Å²) in [5.41, 5.74) is 1.96. The smallest absolute Gasteiger partial charge is 0.191 e. The standard InChI is InChI=1S/C15H13FN4S2/c16-11-3-1-10(2-4-11)14-18-12(7-21-14)8-22-15-19-17-9-20(15)13-5-6-13/h1-4,7,9,13H,5-6,8H2. The topological polar surface area (TPSA) is 43.6 Å². The molecule has 7 heteroatoms. The summed E-state index contributed by atoms with van der Waals surface area (Å²) < 4.78 is 15.1. The lowest BCUT2D eigenvalue weighted by atomic mass is 10.2. The summed E-state index contributed by atoms with van der Waals surface area (Å²) in [4.78, 5) is 4.62. The summed E-state index contributed by atoms with van der Waals surface area (Å²) in [7, 11) is 0. The van der Waals surface area contributed by atoms with E-state index in [0.29, 0.717) is 6.04 Å². The fraction of sp³-hybridized carbons (Fsp3) is 0.267. The van der Waals surface area contributed by atoms with E-state index in [2.05, 4.69) is 19.7 Å². The molecule has 0 spiro atoms. The third-order valence-corrected chi connectivity index (χ3v) is 5.40. The molecule has 0 saturated heterocycles. The SMILES string of the molecule is Fc1ccc(-c2nc(CSc3nncn3C3CC3)cs2)cc1. The van der Waals surface area contributed by atoms with Gasteiger partial charge in [-0.1, -0.05) is 11.8 Å². The van der Waals surface area contributed by atoms with Crippen LogP contribution in [0.3, 0.4) is 0 Å². The third kappa shape index (κ3) is 2.91. The van der Waals surface area contributed by atoms with Crippen LogP contribution in [0.4, 0.5) is 4.39 Å². The Kier molecular flexibility index (Phi) is 3.67. The fourth-order valence-corrected chi connectivity index (χ4v) is 3.98. The van der Waals surface area contributed by atoms with Crippen LogP contribution in [-0.2, 0) is 5.75 Å². The van der Waals surface area contributed by atoms with Gasteiger partial charge in [-0.25, -0.2) is 9.37 Å². The first-order valence-electron chi connectivity index (χ1n) is 7.02. The quantitative estimate of drug-likeness (QED) is 0.658. The highest BCUT2D eigenvalue weighted by atomic mass is 32.2. The second kappa shape index (κ2) is 5.81. The largest absolute Gasteiger partial charge is 0.306 e. The number of aromatic nitrogens is 4. The van der Waals surface area contributed by atoms with Crippen molar-refractivity contribution in [2.24, 2.45) is 0 Å². The average molecular weight is 332 g/mol. The number of thiazole rings is 1. The van der Waals surface area contributed by atoms with Crippen LogP contribution in [-0.4, -0.2) is 19.7 Å². The Balaban J connectivity index is 1.45. The number of benzene rings is 1. The molecule has 0 bridgehead atoms. The zero-order chi connectivity index (χ0) is 14.9. The van der Waals surface area contributed by atoms with Crippen molar-refractivity contribution in [3.63, 3.8) is 0 Å². The zero-order valence-corrected chi connectivity index (χ0v) is 13.3. The first-order valence-corrected chi connectivity index (χ1v) is 8.89. The van der Waals surface area contributed by atoms with E-state index in [1.54, 1.807) is 35.2 Å². The maximum Gasteiger partial charge on any atom is 0.191 e. The molecule has 2 heterocycles. The van der Waals surface area contributed by atoms with Crippen molar-refractivity contribution in [3.05, 3.63) is 47.5 Å². The molecule has 1 aromatic carbocycles. The van der Waals surface area contributed by atoms with E-state index in [4.69, 9.17) is 0 Å². The van der Waals surface area contributed by atoms with E-state index in [1.165, 1.54) is 25.0 Å². The van der Waals surface area contributed by atoms with Crippen LogP contribution >= 0.6 is 23.1 Å². The van der Waals surface area contributed by atoms with Gasteiger partial charge in [0.05, 0.1) is 5.69 Å². The van der Waals surface area contributed by atoms with Crippen LogP contribution in [0.1, 0.15) is 24.6 Å². The lowest BCUT2D eigenvalue weighted by Crippen LogP contribution is -1.94. The number of thioether (sulfide) groups is 1. The number of hydrogen-bond acceptors (Lipinski definition) is 5. The van der Waals surface area contributed by atoms with Crippen molar-refractivity contribution >= 4 is 23.1 Å². The predicted octanol–water partition coefficient (Wildman–Crippen LogP) is 4.17. The number of rotatable bonds is 5. The Labute approximate surface area is 135 Å². The molecule has 3 aromatic rings. The van der Waals surface area contributed by atoms with Crippen LogP contribution in [0.25, 0.3) is 10.6 Å². The maximum absolute atomic E-state index is 13.0. The average Bonchev–Trinajstić information content (AvgIpc) is 3.09. The summed E-state index contributed by atoms with van der Waals surface area (Å²) in [6.07, 6.45) is 4.25. The summed E-state index contributed by atoms with van der Waals surface area (Å²) in [6.45, 7) is 0. The molecule has 0 amide bonds. The molecule has 1 fully saturated rings. The van der Waals surface area contributed by atoms with Gasteiger partial charge in [-0.05, 0) is 37.1 Å². The molecule has 0 N–H and O–H groups in total. The van der Waals surface area contributed by atoms with Gasteiger partial charge in [-0.15, -0.1) is 21.5 Å². The molecular formula is C15H13FN4S2. The molecule has 22 heavy (non-hydrogen) atoms. The van der Waals surface area contributed by atoms with E-state index in [-0.39, 0.29) is 5.82 Å². The van der Waals surface area contributed by atoms with Gasteiger partial charge in [0.1, 0.15) is 17.2 Å². The normalized spacial score (nSPS) is 14.4. The lowest BCUT2D eigenvalue weighted by molar-refractivity contribution is 0.628. The highest BCUT2D eigenvalue weighted by molar-refractivity contribution is 7.98. The van der Waals surface area contributed by atoms with Gasteiger partial charge >= 0.3 is 0 Å². The van der Waals surface area contributed by atoms with Gasteiger partial charge in [0, 0.05) is 22.7 Å². The first-order chi connectivity index (χ1) is 10.8. The highest BCUT2D eigenvalue weighted by Gasteiger charge is 2.26. The Hall–Kier alpha value is -1.73. The molecule has 4 rings (SSSR count). The zero-order valence-electron chi connectivity index (χ0n) is 11.6. The van der Waals surface area contributed by atoms with Crippen molar-refractivity contribution in [1.82, 2.24) is 19.7 Å². The van der Waals surface area contributed by atoms with Crippen molar-refractivity contribution in [1.29, 1.82) is 0 Å². The number of halogens is 1. The Morgan fingerprint density at radius 3 is 2.86 bits per heavy atom. The second-order valence-electron chi connectivity index (χ2n) is 5.19. The molecule has 1 aliphatic carbocycles. The molecule has 4 nitrogen and oxygen atoms in total. The van der Waals surface area contributed by atoms with Crippen LogP contribution in [0.5, 0.6) is 0 Å². The Morgan fingerprint density at radius 2 is 2.09 bits per heavy atom. The summed E-state index contributed by atoms with van der Waals surface area (Å²) >= 11 is 3.24. The van der Waals surface area contributed by atoms with E-state index in [9.17, 15) is 4.39 Å². The Bertz CT molecular complexity index is 777. The molecule has 1 saturated carbocycles. The second-order valence-corrected chi connectivity index (χ2v) is 6.99. The van der Waals surface area contributed by atoms with Crippen LogP contribution in [0.2, 0.25) is 0 Å². The minimum atomic E-state index is -0.226. The first kappa shape index (κ1) is 13.9. The lowest BCUT2D eigenvalue weighted by Gasteiger charge is -2.02. The molecule has 112 valence electrons. The molecule has 0 aliphatic heterocycles. The molecule has 0 atom stereocenters. The molecule has 2 aromatic heterocycles. The maximum atomic E-state index is 13.0. The van der Waals surface area contributed by atoms with Gasteiger partial charge in [0.15, 0.2) is 5.16 Å². The molecule has 1 aliphatic rings. The van der Waals surface area contributed by atoms with E-state index < -0.39 is 0 Å². The van der Waals surface area contributed by atoms with Gasteiger partial charge < -0.3 is 4.57 Å². The molecule has 0 radical (unpaired) electrons. The van der Waals surface area contributed by atoms with Gasteiger partial charge in [0.25, 0.3) is 0 Å².